The molecule has 67 heavy (non-hydrogen) atoms. The fourth-order valence-electron chi connectivity index (χ4n) is 10.8. The van der Waals surface area contributed by atoms with E-state index in [9.17, 15) is 19.2 Å². The molecule has 0 aliphatic carbocycles. The van der Waals surface area contributed by atoms with Crippen LogP contribution in [0.3, 0.4) is 0 Å². The number of carbonyl (C=O) groups excluding carboxylic acids is 4. The van der Waals surface area contributed by atoms with Crippen LogP contribution in [0.15, 0.2) is 60.7 Å². The van der Waals surface area contributed by atoms with E-state index in [-0.39, 0.29) is 59.4 Å². The minimum Gasteiger partial charge on any atom is -0.453 e. The van der Waals surface area contributed by atoms with Crippen LogP contribution in [0.25, 0.3) is 11.0 Å². The van der Waals surface area contributed by atoms with Gasteiger partial charge in [-0.1, -0.05) is 65.8 Å². The number of alkyl carbamates (subject to hydrolysis) is 2. The first-order valence-corrected chi connectivity index (χ1v) is 24.0. The van der Waals surface area contributed by atoms with Gasteiger partial charge in [-0.25, -0.2) is 14.6 Å². The molecular formula is C51H69N9O7. The van der Waals surface area contributed by atoms with Crippen molar-refractivity contribution in [1.82, 2.24) is 30.4 Å². The fraction of sp³-hybridized carbons (Fsp3) is 0.549. The van der Waals surface area contributed by atoms with Crippen molar-refractivity contribution >= 4 is 52.1 Å². The third kappa shape index (κ3) is 9.59. The standard InChI is InChI=1S/C51H69N9O7/c1-29(2)43(56-49(63)66-8)47(61)58-24-10-12-41(58)45-52-35-20-14-31(26-37(35)54-45)39-22-23-40(60(39)34-18-16-33(17-19-34)51(5,6)28-65-7)32-15-21-36-38(27-32)55-46(53-36)42-13-11-25-59(42)48(62)44(30(3)4)57-50(64)67-9/h14-21,26-27,29-30,39-45,52,54H,10-13,22-25,28H2,1-9H3,(H,53,55)(H,56,63)(H,57,64)/t39-,40-,41+,42+,43+,44+,45?/m1/s1. The molecule has 3 aromatic carbocycles. The van der Waals surface area contributed by atoms with Gasteiger partial charge in [-0.15, -0.1) is 0 Å². The Bertz CT molecular complexity index is 2440. The van der Waals surface area contributed by atoms with Crippen molar-refractivity contribution in [2.45, 2.75) is 128 Å². The number of hydrogen-bond donors (Lipinski definition) is 5. The first-order valence-electron chi connectivity index (χ1n) is 24.0. The summed E-state index contributed by atoms with van der Waals surface area (Å²) in [5.41, 5.74) is 8.29. The van der Waals surface area contributed by atoms with Gasteiger partial charge in [0, 0.05) is 31.3 Å². The lowest BCUT2D eigenvalue weighted by Crippen LogP contribution is -2.56. The molecule has 16 nitrogen and oxygen atoms in total. The van der Waals surface area contributed by atoms with E-state index in [1.807, 2.05) is 37.5 Å². The first kappa shape index (κ1) is 47.5. The number of carbonyl (C=O) groups is 4. The van der Waals surface area contributed by atoms with Crippen LogP contribution in [0.5, 0.6) is 0 Å². The molecule has 4 amide bonds. The maximum Gasteiger partial charge on any atom is 0.407 e. The number of nitrogens with one attached hydrogen (secondary N) is 5. The van der Waals surface area contributed by atoms with Gasteiger partial charge in [0.15, 0.2) is 0 Å². The van der Waals surface area contributed by atoms with Crippen molar-refractivity contribution < 1.29 is 33.4 Å². The molecule has 8 rings (SSSR count). The van der Waals surface area contributed by atoms with Crippen molar-refractivity contribution in [2.24, 2.45) is 11.8 Å². The van der Waals surface area contributed by atoms with Crippen LogP contribution in [-0.4, -0.2) is 109 Å². The maximum atomic E-state index is 13.9. The normalized spacial score (nSPS) is 22.4. The maximum absolute atomic E-state index is 13.9. The van der Waals surface area contributed by atoms with Crippen molar-refractivity contribution in [1.29, 1.82) is 0 Å². The Labute approximate surface area is 394 Å². The summed E-state index contributed by atoms with van der Waals surface area (Å²) in [5.74, 6) is 0.276. The van der Waals surface area contributed by atoms with Crippen LogP contribution in [0.2, 0.25) is 0 Å². The second-order valence-corrected chi connectivity index (χ2v) is 20.0. The molecule has 16 heteroatoms. The summed E-state index contributed by atoms with van der Waals surface area (Å²) < 4.78 is 15.3. The van der Waals surface area contributed by atoms with Gasteiger partial charge in [0.1, 0.15) is 24.1 Å². The van der Waals surface area contributed by atoms with Crippen LogP contribution in [0.4, 0.5) is 26.7 Å². The average Bonchev–Trinajstić information content (AvgIpc) is 4.17. The number of aromatic nitrogens is 2. The number of H-pyrrole nitrogens is 1. The van der Waals surface area contributed by atoms with E-state index >= 15 is 0 Å². The second-order valence-electron chi connectivity index (χ2n) is 20.0. The fourth-order valence-corrected chi connectivity index (χ4v) is 10.8. The van der Waals surface area contributed by atoms with Crippen LogP contribution in [0.1, 0.15) is 121 Å². The molecule has 3 saturated heterocycles. The summed E-state index contributed by atoms with van der Waals surface area (Å²) in [6.07, 6.45) is 3.74. The van der Waals surface area contributed by atoms with E-state index in [4.69, 9.17) is 19.2 Å². The number of imidazole rings is 1. The lowest BCUT2D eigenvalue weighted by molar-refractivity contribution is -0.136. The molecule has 5 heterocycles. The number of benzene rings is 3. The van der Waals surface area contributed by atoms with Crippen LogP contribution < -0.4 is 26.2 Å². The summed E-state index contributed by atoms with van der Waals surface area (Å²) in [4.78, 5) is 67.2. The highest BCUT2D eigenvalue weighted by Crippen LogP contribution is 2.49. The molecule has 0 radical (unpaired) electrons. The van der Waals surface area contributed by atoms with Crippen LogP contribution in [0, 0.1) is 11.8 Å². The van der Waals surface area contributed by atoms with E-state index in [0.29, 0.717) is 19.7 Å². The quantitative estimate of drug-likeness (QED) is 0.0824. The first-order chi connectivity index (χ1) is 32.1. The molecule has 1 unspecified atom stereocenters. The van der Waals surface area contributed by atoms with Gasteiger partial charge in [-0.3, -0.25) is 9.59 Å². The Morgan fingerprint density at radius 1 is 0.716 bits per heavy atom. The van der Waals surface area contributed by atoms with E-state index in [0.717, 1.165) is 72.4 Å². The Morgan fingerprint density at radius 3 is 1.93 bits per heavy atom. The van der Waals surface area contributed by atoms with E-state index in [2.05, 4.69) is 106 Å². The summed E-state index contributed by atoms with van der Waals surface area (Å²) in [5, 5.41) is 12.9. The molecule has 5 N–H and O–H groups in total. The number of nitrogens with zero attached hydrogens (tertiary/aromatic N) is 4. The number of likely N-dealkylation sites (tertiary alicyclic amines) is 2. The highest BCUT2D eigenvalue weighted by atomic mass is 16.5. The van der Waals surface area contributed by atoms with Gasteiger partial charge < -0.3 is 55.2 Å². The monoisotopic (exact) mass is 920 g/mol. The molecule has 4 aliphatic heterocycles. The highest BCUT2D eigenvalue weighted by Gasteiger charge is 2.43. The van der Waals surface area contributed by atoms with E-state index in [1.54, 1.807) is 7.11 Å². The third-order valence-corrected chi connectivity index (χ3v) is 14.4. The van der Waals surface area contributed by atoms with Gasteiger partial charge in [0.2, 0.25) is 11.8 Å². The predicted octanol–water partition coefficient (Wildman–Crippen LogP) is 8.15. The van der Waals surface area contributed by atoms with Gasteiger partial charge in [0.05, 0.1) is 67.4 Å². The molecule has 0 bridgehead atoms. The van der Waals surface area contributed by atoms with Crippen molar-refractivity contribution in [3.63, 3.8) is 0 Å². The smallest absolute Gasteiger partial charge is 0.407 e. The summed E-state index contributed by atoms with van der Waals surface area (Å²) in [6.45, 7) is 13.9. The Kier molecular flexibility index (Phi) is 13.9. The van der Waals surface area contributed by atoms with Crippen LogP contribution >= 0.6 is 0 Å². The summed E-state index contributed by atoms with van der Waals surface area (Å²) >= 11 is 0. The number of hydrogen-bond acceptors (Lipinski definition) is 11. The molecule has 360 valence electrons. The minimum absolute atomic E-state index is 0.0531. The topological polar surface area (TPSA) is 182 Å². The molecule has 1 aromatic heterocycles. The molecular weight excluding hydrogens is 851 g/mol. The van der Waals surface area contributed by atoms with Gasteiger partial charge >= 0.3 is 12.2 Å². The molecule has 0 spiro atoms. The highest BCUT2D eigenvalue weighted by molar-refractivity contribution is 5.88. The molecule has 4 aromatic rings. The second kappa shape index (κ2) is 19.7. The SMILES string of the molecule is COCC(C)(C)c1ccc(N2[C@@H](c3ccc4c(c3)NC([C@@H]3CCCN3C(=O)[C@@H](NC(=O)OC)C(C)C)N4)CC[C@@H]2c2ccc3nc([C@@H]4CCCN4C(=O)[C@@H](NC(=O)OC)C(C)C)[nH]c3c2)cc1. The number of ether oxygens (including phenoxy) is 3. The minimum atomic E-state index is -0.709. The summed E-state index contributed by atoms with van der Waals surface area (Å²) in [6, 6.07) is 20.4. The van der Waals surface area contributed by atoms with Gasteiger partial charge in [-0.05, 0) is 103 Å². The molecule has 7 atom stereocenters. The Hall–Kier alpha value is -6.03. The number of fused-ring (bicyclic) bond motifs is 2. The van der Waals surface area contributed by atoms with E-state index in [1.165, 1.54) is 30.9 Å². The number of aromatic amines is 1. The third-order valence-electron chi connectivity index (χ3n) is 14.4. The Morgan fingerprint density at radius 2 is 1.30 bits per heavy atom. The zero-order chi connectivity index (χ0) is 47.7. The van der Waals surface area contributed by atoms with Gasteiger partial charge in [-0.2, -0.15) is 0 Å². The Balaban J connectivity index is 1.06. The lowest BCUT2D eigenvalue weighted by Gasteiger charge is -2.34. The molecule has 3 fully saturated rings. The van der Waals surface area contributed by atoms with Crippen LogP contribution in [-0.2, 0) is 29.2 Å². The number of amides is 4. The predicted molar refractivity (Wildman–Crippen MR) is 259 cm³/mol. The van der Waals surface area contributed by atoms with Crippen molar-refractivity contribution in [2.75, 3.05) is 56.6 Å². The number of methoxy groups -OCH3 is 3. The molecule has 0 saturated carbocycles. The zero-order valence-corrected chi connectivity index (χ0v) is 40.5. The summed E-state index contributed by atoms with van der Waals surface area (Å²) in [7, 11) is 4.35. The van der Waals surface area contributed by atoms with Crippen molar-refractivity contribution in [3.8, 4) is 0 Å². The lowest BCUT2D eigenvalue weighted by atomic mass is 9.85. The largest absolute Gasteiger partial charge is 0.453 e. The average molecular weight is 920 g/mol. The number of rotatable bonds is 14. The van der Waals surface area contributed by atoms with E-state index < -0.39 is 24.3 Å². The number of anilines is 3. The molecule has 4 aliphatic rings. The van der Waals surface area contributed by atoms with Gasteiger partial charge in [0.25, 0.3) is 0 Å². The van der Waals surface area contributed by atoms with Crippen molar-refractivity contribution in [3.05, 3.63) is 83.2 Å². The zero-order valence-electron chi connectivity index (χ0n) is 40.5.